The number of piperidine rings is 1. The van der Waals surface area contributed by atoms with Gasteiger partial charge >= 0.3 is 0 Å². The second kappa shape index (κ2) is 5.48. The van der Waals surface area contributed by atoms with Crippen LogP contribution in [0.1, 0.15) is 19.3 Å². The van der Waals surface area contributed by atoms with Crippen molar-refractivity contribution in [3.05, 3.63) is 21.5 Å². The van der Waals surface area contributed by atoms with Gasteiger partial charge in [0.1, 0.15) is 5.82 Å². The summed E-state index contributed by atoms with van der Waals surface area (Å²) in [5, 5.41) is 0. The Labute approximate surface area is 131 Å². The topological polar surface area (TPSA) is 47.1 Å². The predicted octanol–water partition coefficient (Wildman–Crippen LogP) is 2.85. The number of rotatable bonds is 2. The molecule has 1 atom stereocenters. The maximum absolute atomic E-state index is 13.8. The van der Waals surface area contributed by atoms with Crippen LogP contribution in [0.3, 0.4) is 0 Å². The number of aromatic nitrogens is 2. The first-order chi connectivity index (χ1) is 9.56. The summed E-state index contributed by atoms with van der Waals surface area (Å²) in [5.74, 6) is 0.261. The summed E-state index contributed by atoms with van der Waals surface area (Å²) in [7, 11) is 2.14. The molecule has 6 heteroatoms. The quantitative estimate of drug-likeness (QED) is 0.805. The third-order valence-corrected chi connectivity index (χ3v) is 4.96. The molecule has 2 N–H and O–H groups in total. The maximum atomic E-state index is 13.8. The SMILES string of the molecule is CN1CCCCC1Cn1c(N)nc2cc(I)c(F)cc21. The first-order valence-corrected chi connectivity index (χ1v) is 7.95. The summed E-state index contributed by atoms with van der Waals surface area (Å²) in [5.41, 5.74) is 7.59. The van der Waals surface area contributed by atoms with Crippen molar-refractivity contribution in [2.75, 3.05) is 19.3 Å². The van der Waals surface area contributed by atoms with E-state index in [1.165, 1.54) is 12.8 Å². The van der Waals surface area contributed by atoms with Crippen molar-refractivity contribution in [3.63, 3.8) is 0 Å². The zero-order valence-corrected chi connectivity index (χ0v) is 13.6. The Bertz CT molecular complexity index is 640. The second-order valence-corrected chi connectivity index (χ2v) is 6.63. The molecule has 3 rings (SSSR count). The fraction of sp³-hybridized carbons (Fsp3) is 0.500. The van der Waals surface area contributed by atoms with Gasteiger partial charge in [-0.2, -0.15) is 0 Å². The summed E-state index contributed by atoms with van der Waals surface area (Å²) in [4.78, 5) is 6.72. The van der Waals surface area contributed by atoms with Crippen LogP contribution in [0.4, 0.5) is 10.3 Å². The number of hydrogen-bond acceptors (Lipinski definition) is 3. The molecule has 0 amide bonds. The lowest BCUT2D eigenvalue weighted by Gasteiger charge is -2.32. The number of likely N-dealkylation sites (N-methyl/N-ethyl adjacent to an activating group) is 1. The van der Waals surface area contributed by atoms with Crippen LogP contribution in [0.5, 0.6) is 0 Å². The summed E-state index contributed by atoms with van der Waals surface area (Å²) in [6.45, 7) is 1.89. The standard InChI is InChI=1S/C14H18FIN4/c1-19-5-3-2-4-9(19)8-20-13-6-10(15)11(16)7-12(13)18-14(20)17/h6-7,9H,2-5,8H2,1H3,(H2,17,18). The number of fused-ring (bicyclic) bond motifs is 1. The normalized spacial score (nSPS) is 20.6. The summed E-state index contributed by atoms with van der Waals surface area (Å²) < 4.78 is 16.3. The minimum absolute atomic E-state index is 0.212. The Balaban J connectivity index is 1.98. The van der Waals surface area contributed by atoms with E-state index in [0.717, 1.165) is 30.5 Å². The molecule has 0 radical (unpaired) electrons. The second-order valence-electron chi connectivity index (χ2n) is 5.47. The summed E-state index contributed by atoms with van der Waals surface area (Å²) in [6.07, 6.45) is 3.65. The lowest BCUT2D eigenvalue weighted by Crippen LogP contribution is -2.39. The first-order valence-electron chi connectivity index (χ1n) is 6.87. The van der Waals surface area contributed by atoms with Gasteiger partial charge in [-0.1, -0.05) is 6.42 Å². The molecule has 0 saturated carbocycles. The number of benzene rings is 1. The molecule has 1 fully saturated rings. The summed E-state index contributed by atoms with van der Waals surface area (Å²) >= 11 is 1.98. The maximum Gasteiger partial charge on any atom is 0.201 e. The Morgan fingerprint density at radius 2 is 2.25 bits per heavy atom. The molecule has 0 spiro atoms. The molecule has 20 heavy (non-hydrogen) atoms. The van der Waals surface area contributed by atoms with Crippen LogP contribution in [0, 0.1) is 9.39 Å². The molecule has 0 bridgehead atoms. The monoisotopic (exact) mass is 388 g/mol. The molecule has 1 unspecified atom stereocenters. The van der Waals surface area contributed by atoms with Crippen LogP contribution >= 0.6 is 22.6 Å². The van der Waals surface area contributed by atoms with Gasteiger partial charge in [-0.15, -0.1) is 0 Å². The smallest absolute Gasteiger partial charge is 0.201 e. The van der Waals surface area contributed by atoms with Gasteiger partial charge in [0.15, 0.2) is 0 Å². The van der Waals surface area contributed by atoms with Gasteiger partial charge in [0.25, 0.3) is 0 Å². The first kappa shape index (κ1) is 14.1. The molecule has 1 aromatic carbocycles. The fourth-order valence-electron chi connectivity index (χ4n) is 2.92. The largest absolute Gasteiger partial charge is 0.369 e. The van der Waals surface area contributed by atoms with Crippen molar-refractivity contribution in [3.8, 4) is 0 Å². The molecule has 1 aliphatic rings. The van der Waals surface area contributed by atoms with Crippen LogP contribution in [0.2, 0.25) is 0 Å². The molecular formula is C14H18FIN4. The van der Waals surface area contributed by atoms with Crippen molar-refractivity contribution >= 4 is 39.6 Å². The highest BCUT2D eigenvalue weighted by molar-refractivity contribution is 14.1. The lowest BCUT2D eigenvalue weighted by atomic mass is 10.0. The third-order valence-electron chi connectivity index (χ3n) is 4.13. The number of nitrogen functional groups attached to an aromatic ring is 1. The average Bonchev–Trinajstić information content (AvgIpc) is 2.69. The number of halogens is 2. The molecule has 2 heterocycles. The fourth-order valence-corrected chi connectivity index (χ4v) is 3.37. The molecule has 1 aliphatic heterocycles. The van der Waals surface area contributed by atoms with Gasteiger partial charge < -0.3 is 15.2 Å². The number of likely N-dealkylation sites (tertiary alicyclic amines) is 1. The van der Waals surface area contributed by atoms with Gasteiger partial charge in [-0.05, 0) is 55.1 Å². The van der Waals surface area contributed by atoms with E-state index in [1.807, 2.05) is 27.2 Å². The van der Waals surface area contributed by atoms with Gasteiger partial charge in [0.05, 0.1) is 14.6 Å². The van der Waals surface area contributed by atoms with E-state index in [2.05, 4.69) is 16.9 Å². The highest BCUT2D eigenvalue weighted by atomic mass is 127. The van der Waals surface area contributed by atoms with E-state index >= 15 is 0 Å². The molecule has 2 aromatic rings. The number of anilines is 1. The number of hydrogen-bond donors (Lipinski definition) is 1. The molecule has 1 aromatic heterocycles. The Morgan fingerprint density at radius 3 is 3.00 bits per heavy atom. The molecule has 4 nitrogen and oxygen atoms in total. The molecule has 0 aliphatic carbocycles. The molecule has 1 saturated heterocycles. The Hall–Kier alpha value is -0.890. The Morgan fingerprint density at radius 1 is 1.45 bits per heavy atom. The van der Waals surface area contributed by atoms with E-state index in [1.54, 1.807) is 12.1 Å². The zero-order valence-electron chi connectivity index (χ0n) is 11.4. The van der Waals surface area contributed by atoms with E-state index in [0.29, 0.717) is 15.6 Å². The summed E-state index contributed by atoms with van der Waals surface area (Å²) in [6, 6.07) is 3.75. The van der Waals surface area contributed by atoms with Crippen LogP contribution in [0.25, 0.3) is 11.0 Å². The van der Waals surface area contributed by atoms with E-state index < -0.39 is 0 Å². The van der Waals surface area contributed by atoms with Crippen molar-refractivity contribution in [2.45, 2.75) is 31.8 Å². The minimum atomic E-state index is -0.212. The number of imidazole rings is 1. The lowest BCUT2D eigenvalue weighted by molar-refractivity contribution is 0.169. The predicted molar refractivity (Wildman–Crippen MR) is 87.1 cm³/mol. The highest BCUT2D eigenvalue weighted by Crippen LogP contribution is 2.25. The van der Waals surface area contributed by atoms with Crippen molar-refractivity contribution in [2.24, 2.45) is 0 Å². The van der Waals surface area contributed by atoms with Crippen molar-refractivity contribution in [1.29, 1.82) is 0 Å². The molecular weight excluding hydrogens is 370 g/mol. The van der Waals surface area contributed by atoms with Crippen LogP contribution in [-0.2, 0) is 6.54 Å². The Kier molecular flexibility index (Phi) is 3.85. The van der Waals surface area contributed by atoms with Crippen molar-refractivity contribution < 1.29 is 4.39 Å². The third kappa shape index (κ3) is 2.50. The average molecular weight is 388 g/mol. The number of nitrogens with two attached hydrogens (primary N) is 1. The van der Waals surface area contributed by atoms with Gasteiger partial charge in [-0.25, -0.2) is 9.37 Å². The van der Waals surface area contributed by atoms with Crippen molar-refractivity contribution in [1.82, 2.24) is 14.5 Å². The van der Waals surface area contributed by atoms with E-state index in [-0.39, 0.29) is 5.82 Å². The van der Waals surface area contributed by atoms with E-state index in [9.17, 15) is 4.39 Å². The van der Waals surface area contributed by atoms with E-state index in [4.69, 9.17) is 5.73 Å². The van der Waals surface area contributed by atoms with Gasteiger partial charge in [0, 0.05) is 18.7 Å². The van der Waals surface area contributed by atoms with Gasteiger partial charge in [0.2, 0.25) is 5.95 Å². The van der Waals surface area contributed by atoms with Crippen LogP contribution in [-0.4, -0.2) is 34.1 Å². The van der Waals surface area contributed by atoms with Crippen LogP contribution < -0.4 is 5.73 Å². The van der Waals surface area contributed by atoms with Gasteiger partial charge in [-0.3, -0.25) is 0 Å². The minimum Gasteiger partial charge on any atom is -0.369 e. The number of nitrogens with zero attached hydrogens (tertiary/aromatic N) is 3. The van der Waals surface area contributed by atoms with Crippen LogP contribution in [0.15, 0.2) is 12.1 Å². The zero-order chi connectivity index (χ0) is 14.3. The highest BCUT2D eigenvalue weighted by Gasteiger charge is 2.21. The molecule has 108 valence electrons.